The molecule has 26 heavy (non-hydrogen) atoms. The maximum Gasteiger partial charge on any atom is 0.238 e. The van der Waals surface area contributed by atoms with E-state index in [1.165, 1.54) is 12.1 Å². The van der Waals surface area contributed by atoms with E-state index in [0.29, 0.717) is 12.5 Å². The highest BCUT2D eigenvalue weighted by molar-refractivity contribution is 5.93. The quantitative estimate of drug-likeness (QED) is 0.888. The molecule has 1 N–H and O–H groups in total. The average Bonchev–Trinajstić information content (AvgIpc) is 2.63. The molecule has 3 rings (SSSR count). The van der Waals surface area contributed by atoms with Crippen LogP contribution in [0.1, 0.15) is 25.3 Å². The summed E-state index contributed by atoms with van der Waals surface area (Å²) in [7, 11) is 0. The molecule has 0 aliphatic carbocycles. The van der Waals surface area contributed by atoms with E-state index in [9.17, 15) is 9.18 Å². The van der Waals surface area contributed by atoms with Crippen LogP contribution in [0.4, 0.5) is 15.8 Å². The highest BCUT2D eigenvalue weighted by atomic mass is 19.1. The normalized spacial score (nSPS) is 15.3. The molecule has 2 aromatic carbocycles. The second kappa shape index (κ2) is 8.32. The van der Waals surface area contributed by atoms with Crippen molar-refractivity contribution in [3.8, 4) is 0 Å². The first-order chi connectivity index (χ1) is 12.5. The maximum atomic E-state index is 13.0. The number of carbonyl (C=O) groups is 1. The summed E-state index contributed by atoms with van der Waals surface area (Å²) in [6.07, 6.45) is 0. The monoisotopic (exact) mass is 355 g/mol. The van der Waals surface area contributed by atoms with Crippen molar-refractivity contribution in [2.75, 3.05) is 42.9 Å². The Labute approximate surface area is 154 Å². The van der Waals surface area contributed by atoms with Gasteiger partial charge in [-0.2, -0.15) is 0 Å². The average molecular weight is 355 g/mol. The van der Waals surface area contributed by atoms with Crippen LogP contribution >= 0.6 is 0 Å². The van der Waals surface area contributed by atoms with Gasteiger partial charge < -0.3 is 10.2 Å². The van der Waals surface area contributed by atoms with Gasteiger partial charge in [-0.05, 0) is 41.8 Å². The van der Waals surface area contributed by atoms with E-state index in [1.54, 1.807) is 12.1 Å². The van der Waals surface area contributed by atoms with Crippen LogP contribution in [0.25, 0.3) is 0 Å². The van der Waals surface area contributed by atoms with E-state index in [1.807, 2.05) is 18.2 Å². The van der Waals surface area contributed by atoms with E-state index < -0.39 is 0 Å². The number of nitrogens with zero attached hydrogens (tertiary/aromatic N) is 2. The Morgan fingerprint density at radius 3 is 2.35 bits per heavy atom. The number of carbonyl (C=O) groups excluding carboxylic acids is 1. The van der Waals surface area contributed by atoms with Gasteiger partial charge in [0.25, 0.3) is 0 Å². The predicted molar refractivity (Wildman–Crippen MR) is 104 cm³/mol. The number of para-hydroxylation sites is 1. The lowest BCUT2D eigenvalue weighted by molar-refractivity contribution is -0.117. The second-order valence-electron chi connectivity index (χ2n) is 7.03. The van der Waals surface area contributed by atoms with Gasteiger partial charge in [-0.15, -0.1) is 0 Å². The summed E-state index contributed by atoms with van der Waals surface area (Å²) in [6, 6.07) is 14.5. The van der Waals surface area contributed by atoms with Crippen LogP contribution < -0.4 is 10.2 Å². The van der Waals surface area contributed by atoms with Crippen LogP contribution in [0.15, 0.2) is 48.5 Å². The molecule has 4 nitrogen and oxygen atoms in total. The van der Waals surface area contributed by atoms with Gasteiger partial charge >= 0.3 is 0 Å². The summed E-state index contributed by atoms with van der Waals surface area (Å²) in [5, 5.41) is 3.05. The molecule has 0 atom stereocenters. The number of hydrogen-bond acceptors (Lipinski definition) is 3. The number of rotatable bonds is 5. The Bertz CT molecular complexity index is 737. The molecule has 2 aromatic rings. The molecule has 1 fully saturated rings. The molecule has 0 radical (unpaired) electrons. The molecule has 0 saturated carbocycles. The standard InChI is InChI=1S/C21H26FN3O/c1-16(2)19-5-3-4-6-20(19)23-21(26)15-24-11-13-25(14-12-24)18-9-7-17(22)8-10-18/h3-10,16H,11-15H2,1-2H3,(H,23,26). The van der Waals surface area contributed by atoms with Gasteiger partial charge in [0, 0.05) is 37.6 Å². The van der Waals surface area contributed by atoms with E-state index in [4.69, 9.17) is 0 Å². The molecule has 1 aliphatic heterocycles. The van der Waals surface area contributed by atoms with Crippen LogP contribution in [0, 0.1) is 5.82 Å². The maximum absolute atomic E-state index is 13.0. The Hall–Kier alpha value is -2.40. The van der Waals surface area contributed by atoms with Gasteiger partial charge in [-0.25, -0.2) is 4.39 Å². The van der Waals surface area contributed by atoms with E-state index in [-0.39, 0.29) is 11.7 Å². The lowest BCUT2D eigenvalue weighted by Gasteiger charge is -2.35. The molecule has 138 valence electrons. The summed E-state index contributed by atoms with van der Waals surface area (Å²) in [5.41, 5.74) is 3.08. The van der Waals surface area contributed by atoms with E-state index in [0.717, 1.165) is 43.1 Å². The van der Waals surface area contributed by atoms with Gasteiger partial charge in [-0.1, -0.05) is 32.0 Å². The third-order valence-electron chi connectivity index (χ3n) is 4.79. The third-order valence-corrected chi connectivity index (χ3v) is 4.79. The number of hydrogen-bond donors (Lipinski definition) is 1. The summed E-state index contributed by atoms with van der Waals surface area (Å²) < 4.78 is 13.0. The zero-order valence-electron chi connectivity index (χ0n) is 15.4. The predicted octanol–water partition coefficient (Wildman–Crippen LogP) is 3.71. The van der Waals surface area contributed by atoms with Gasteiger partial charge in [0.05, 0.1) is 6.54 Å². The van der Waals surface area contributed by atoms with Gasteiger partial charge in [-0.3, -0.25) is 9.69 Å². The van der Waals surface area contributed by atoms with Gasteiger partial charge in [0.2, 0.25) is 5.91 Å². The summed E-state index contributed by atoms with van der Waals surface area (Å²) >= 11 is 0. The van der Waals surface area contributed by atoms with Crippen molar-refractivity contribution in [3.63, 3.8) is 0 Å². The minimum Gasteiger partial charge on any atom is -0.369 e. The zero-order chi connectivity index (χ0) is 18.5. The first-order valence-electron chi connectivity index (χ1n) is 9.14. The largest absolute Gasteiger partial charge is 0.369 e. The fourth-order valence-corrected chi connectivity index (χ4v) is 3.32. The van der Waals surface area contributed by atoms with Crippen molar-refractivity contribution in [1.29, 1.82) is 0 Å². The molecule has 0 aromatic heterocycles. The van der Waals surface area contributed by atoms with E-state index >= 15 is 0 Å². The Morgan fingerprint density at radius 1 is 1.04 bits per heavy atom. The highest BCUT2D eigenvalue weighted by Crippen LogP contribution is 2.23. The fraction of sp³-hybridized carbons (Fsp3) is 0.381. The molecule has 0 bridgehead atoms. The van der Waals surface area contributed by atoms with Crippen molar-refractivity contribution >= 4 is 17.3 Å². The lowest BCUT2D eigenvalue weighted by Crippen LogP contribution is -2.48. The lowest BCUT2D eigenvalue weighted by atomic mass is 10.0. The van der Waals surface area contributed by atoms with Crippen molar-refractivity contribution in [2.45, 2.75) is 19.8 Å². The molecule has 0 unspecified atom stereocenters. The molecule has 5 heteroatoms. The van der Waals surface area contributed by atoms with Gasteiger partial charge in [0.15, 0.2) is 0 Å². The highest BCUT2D eigenvalue weighted by Gasteiger charge is 2.19. The summed E-state index contributed by atoms with van der Waals surface area (Å²) in [4.78, 5) is 16.8. The molecule has 1 amide bonds. The Kier molecular flexibility index (Phi) is 5.89. The molecule has 1 aliphatic rings. The molecular weight excluding hydrogens is 329 g/mol. The molecule has 1 heterocycles. The number of amides is 1. The van der Waals surface area contributed by atoms with Crippen LogP contribution in [-0.4, -0.2) is 43.5 Å². The summed E-state index contributed by atoms with van der Waals surface area (Å²) in [6.45, 7) is 7.94. The zero-order valence-corrected chi connectivity index (χ0v) is 15.4. The SMILES string of the molecule is CC(C)c1ccccc1NC(=O)CN1CCN(c2ccc(F)cc2)CC1. The second-order valence-corrected chi connectivity index (χ2v) is 7.03. The van der Waals surface area contributed by atoms with E-state index in [2.05, 4.69) is 35.0 Å². The van der Waals surface area contributed by atoms with Crippen molar-refractivity contribution in [3.05, 3.63) is 59.9 Å². The number of piperazine rings is 1. The van der Waals surface area contributed by atoms with Crippen molar-refractivity contribution in [2.24, 2.45) is 0 Å². The number of nitrogens with one attached hydrogen (secondary N) is 1. The topological polar surface area (TPSA) is 35.6 Å². The molecular formula is C21H26FN3O. The van der Waals surface area contributed by atoms with Gasteiger partial charge in [0.1, 0.15) is 5.82 Å². The Morgan fingerprint density at radius 2 is 1.69 bits per heavy atom. The Balaban J connectivity index is 1.51. The van der Waals surface area contributed by atoms with Crippen LogP contribution in [0.2, 0.25) is 0 Å². The smallest absolute Gasteiger partial charge is 0.238 e. The van der Waals surface area contributed by atoms with Crippen molar-refractivity contribution < 1.29 is 9.18 Å². The first-order valence-corrected chi connectivity index (χ1v) is 9.14. The third kappa shape index (κ3) is 4.61. The minimum absolute atomic E-state index is 0.0216. The van der Waals surface area contributed by atoms with Crippen LogP contribution in [-0.2, 0) is 4.79 Å². The number of anilines is 2. The molecule has 1 saturated heterocycles. The van der Waals surface area contributed by atoms with Crippen molar-refractivity contribution in [1.82, 2.24) is 4.90 Å². The van der Waals surface area contributed by atoms with Crippen LogP contribution in [0.3, 0.4) is 0 Å². The van der Waals surface area contributed by atoms with Crippen LogP contribution in [0.5, 0.6) is 0 Å². The first kappa shape index (κ1) is 18.4. The molecule has 0 spiro atoms. The fourth-order valence-electron chi connectivity index (χ4n) is 3.32. The number of halogens is 1. The minimum atomic E-state index is -0.217. The summed E-state index contributed by atoms with van der Waals surface area (Å²) in [5.74, 6) is 0.171. The number of benzene rings is 2.